The van der Waals surface area contributed by atoms with Crippen molar-refractivity contribution in [1.82, 2.24) is 28.7 Å². The van der Waals surface area contributed by atoms with Crippen LogP contribution in [0.4, 0.5) is 0 Å². The molecule has 5 aliphatic carbocycles. The summed E-state index contributed by atoms with van der Waals surface area (Å²) >= 11 is 0. The first-order chi connectivity index (χ1) is 58.6. The molecule has 28 rings (SSSR count). The minimum absolute atomic E-state index is 0.270. The van der Waals surface area contributed by atoms with Crippen LogP contribution in [0.1, 0.15) is 12.0 Å². The molecule has 1 unspecified atom stereocenters. The molecule has 0 radical (unpaired) electrons. The minimum atomic E-state index is 0.270. The van der Waals surface area contributed by atoms with Gasteiger partial charge in [0, 0.05) is 39.3 Å². The van der Waals surface area contributed by atoms with E-state index in [1.807, 2.05) is 48.5 Å². The van der Waals surface area contributed by atoms with Crippen LogP contribution in [-0.4, -0.2) is 28.7 Å². The monoisotopic (exact) mass is 1500 g/mol. The highest BCUT2D eigenvalue weighted by Gasteiger charge is 2.38. The van der Waals surface area contributed by atoms with Gasteiger partial charge in [0.2, 0.25) is 0 Å². The molecule has 9 heteroatoms. The Hall–Kier alpha value is -15.7. The molecule has 0 spiro atoms. The molecule has 6 heterocycles. The van der Waals surface area contributed by atoms with Crippen LogP contribution in [0, 0.1) is 5.92 Å². The fraction of sp³-hybridized carbons (Fsp3) is 0.0183. The van der Waals surface area contributed by atoms with E-state index in [2.05, 4.69) is 335 Å². The zero-order valence-electron chi connectivity index (χ0n) is 63.4. The quantitative estimate of drug-likeness (QED) is 0.122. The van der Waals surface area contributed by atoms with Crippen LogP contribution in [0.2, 0.25) is 0 Å². The molecule has 0 saturated heterocycles. The topological polar surface area (TPSA) is 81.1 Å². The predicted octanol–water partition coefficient (Wildman–Crippen LogP) is 28.2. The van der Waals surface area contributed by atoms with E-state index in [-0.39, 0.29) is 5.92 Å². The lowest BCUT2D eigenvalue weighted by molar-refractivity contribution is 0.474. The van der Waals surface area contributed by atoms with E-state index in [1.165, 1.54) is 115 Å². The molecular formula is C109H64N6O3. The zero-order valence-corrected chi connectivity index (χ0v) is 63.4. The molecule has 0 amide bonds. The van der Waals surface area contributed by atoms with Gasteiger partial charge < -0.3 is 14.2 Å². The first-order valence-electron chi connectivity index (χ1n) is 40.4. The maximum absolute atomic E-state index is 6.78. The smallest absolute Gasteiger partial charge is 0.159 e. The summed E-state index contributed by atoms with van der Waals surface area (Å²) < 4.78 is 27.1. The molecule has 8 aliphatic rings. The van der Waals surface area contributed by atoms with Crippen molar-refractivity contribution in [2.45, 2.75) is 6.42 Å². The number of ether oxygens (including phenoxy) is 3. The standard InChI is InChI=1S/C39H22N2O.C35H22N2O.C35H20N2O/c1-2-9-24(10-3-1)39-40-32-18-8-20-34-37(32)41(39)33-19-7-17-31(38(33)42-34)25-21-22-30-28-14-5-12-23-11-4-13-27(35(23)28)29-16-6-15-26(25)36(29)30;1-2-8-23(9-3-1)35-36-28-15-7-17-30-33(28)37(35)29-16-6-14-26(34(29)38-30)27-20-24-12-4-10-21-18-19-22-11-5-13-25(27)32(22)31(21)24;1-2-9-21(10-3-1)35-36-29-16-8-18-31-33(29)37(35)30-17-7-15-28(34(30)38-31)24-19-20-27-23-12-5-4-11-22(23)25-13-6-14-26(24)32(25)27/h1-22H;1-11,13-20,32H,12H2;1-20H. The van der Waals surface area contributed by atoms with Crippen LogP contribution < -0.4 is 14.2 Å². The summed E-state index contributed by atoms with van der Waals surface area (Å²) in [5, 5.41) is 12.9. The molecule has 17 aromatic carbocycles. The van der Waals surface area contributed by atoms with Gasteiger partial charge in [-0.2, -0.15) is 0 Å². The van der Waals surface area contributed by atoms with Crippen LogP contribution in [0.15, 0.2) is 398 Å². The third-order valence-corrected chi connectivity index (χ3v) is 25.2. The molecule has 548 valence electrons. The molecule has 3 aromatic heterocycles. The average molecular weight is 1510 g/mol. The van der Waals surface area contributed by atoms with E-state index < -0.39 is 0 Å². The average Bonchev–Trinajstić information content (AvgIpc) is 1.68. The molecule has 0 N–H and O–H groups in total. The van der Waals surface area contributed by atoms with E-state index in [4.69, 9.17) is 29.2 Å². The van der Waals surface area contributed by atoms with Gasteiger partial charge in [0.05, 0.1) is 33.6 Å². The fourth-order valence-corrected chi connectivity index (χ4v) is 20.3. The molecule has 0 fully saturated rings. The van der Waals surface area contributed by atoms with E-state index in [9.17, 15) is 0 Å². The van der Waals surface area contributed by atoms with Crippen LogP contribution in [-0.2, 0) is 0 Å². The Bertz CT molecular complexity index is 8020. The Balaban J connectivity index is 0.0000000964. The van der Waals surface area contributed by atoms with Crippen molar-refractivity contribution in [3.05, 3.63) is 404 Å². The van der Waals surface area contributed by atoms with Crippen LogP contribution in [0.3, 0.4) is 0 Å². The first-order valence-corrected chi connectivity index (χ1v) is 40.4. The van der Waals surface area contributed by atoms with Crippen LogP contribution in [0.5, 0.6) is 34.5 Å². The first kappa shape index (κ1) is 64.8. The van der Waals surface area contributed by atoms with Gasteiger partial charge in [0.15, 0.2) is 34.5 Å². The minimum Gasteiger partial charge on any atom is -0.452 e. The highest BCUT2D eigenvalue weighted by atomic mass is 16.5. The van der Waals surface area contributed by atoms with E-state index in [0.717, 1.165) is 147 Å². The summed E-state index contributed by atoms with van der Waals surface area (Å²) in [6.45, 7) is 0. The van der Waals surface area contributed by atoms with Gasteiger partial charge in [0.1, 0.15) is 34.0 Å². The fourth-order valence-electron chi connectivity index (χ4n) is 20.3. The van der Waals surface area contributed by atoms with Crippen molar-refractivity contribution >= 4 is 92.5 Å². The van der Waals surface area contributed by atoms with Gasteiger partial charge in [0.25, 0.3) is 0 Å². The van der Waals surface area contributed by atoms with E-state index in [0.29, 0.717) is 0 Å². The summed E-state index contributed by atoms with van der Waals surface area (Å²) in [6.07, 6.45) is 19.2. The molecular weight excluding hydrogens is 1440 g/mol. The molecule has 118 heavy (non-hydrogen) atoms. The van der Waals surface area contributed by atoms with Crippen molar-refractivity contribution in [2.24, 2.45) is 5.92 Å². The van der Waals surface area contributed by atoms with Gasteiger partial charge in [-0.15, -0.1) is 0 Å². The normalized spacial score (nSPS) is 14.8. The lowest BCUT2D eigenvalue weighted by atomic mass is 9.66. The molecule has 1 atom stereocenters. The zero-order chi connectivity index (χ0) is 77.0. The molecule has 9 nitrogen and oxygen atoms in total. The van der Waals surface area contributed by atoms with Gasteiger partial charge in [-0.3, -0.25) is 13.7 Å². The van der Waals surface area contributed by atoms with Gasteiger partial charge in [-0.25, -0.2) is 15.0 Å². The Labute approximate surface area is 677 Å². The van der Waals surface area contributed by atoms with Crippen molar-refractivity contribution in [3.8, 4) is 130 Å². The number of allylic oxidation sites excluding steroid dienone is 14. The summed E-state index contributed by atoms with van der Waals surface area (Å²) in [7, 11) is 0. The second kappa shape index (κ2) is 24.9. The maximum atomic E-state index is 6.78. The van der Waals surface area contributed by atoms with Gasteiger partial charge in [-0.1, -0.05) is 316 Å². The Morgan fingerprint density at radius 3 is 1.27 bits per heavy atom. The molecule has 20 aromatic rings. The SMILES string of the molecule is C1=CC2=C(c3cccc4c3Oc3cccc5nc(-c6ccccc6)n-4c35)C=C3CC=CC4=C3C2C(=C1)C=C4.c1ccc(-c2nc3cccc4c3n2-c2cccc(-c3ccc5c6c(cccc36)-c3ccccc3-5)c2O4)cc1.c1ccc(-c2nc3cccc4c3n2-c2cccc(-c3ccc5c6cccc7cccc(c8cccc3c85)c76)c2O4)cc1. The Morgan fingerprint density at radius 2 is 0.720 bits per heavy atom. The predicted molar refractivity (Wildman–Crippen MR) is 479 cm³/mol. The molecule has 3 aliphatic heterocycles. The number of benzene rings is 17. The number of imidazole rings is 3. The highest BCUT2D eigenvalue weighted by Crippen LogP contribution is 2.58. The van der Waals surface area contributed by atoms with Crippen molar-refractivity contribution in [3.63, 3.8) is 0 Å². The number of rotatable bonds is 6. The Morgan fingerprint density at radius 1 is 0.305 bits per heavy atom. The summed E-state index contributed by atoms with van der Waals surface area (Å²) in [5.41, 5.74) is 31.1. The summed E-state index contributed by atoms with van der Waals surface area (Å²) in [4.78, 5) is 15.2. The summed E-state index contributed by atoms with van der Waals surface area (Å²) in [5.74, 6) is 8.14. The van der Waals surface area contributed by atoms with Crippen molar-refractivity contribution < 1.29 is 14.2 Å². The highest BCUT2D eigenvalue weighted by molar-refractivity contribution is 6.34. The number of hydrogen-bond donors (Lipinski definition) is 0. The second-order valence-corrected chi connectivity index (χ2v) is 31.4. The number of aromatic nitrogens is 6. The lowest BCUT2D eigenvalue weighted by Gasteiger charge is -2.37. The number of para-hydroxylation sites is 6. The van der Waals surface area contributed by atoms with E-state index in [1.54, 1.807) is 0 Å². The number of fused-ring (bicyclic) bond motifs is 11. The van der Waals surface area contributed by atoms with Crippen molar-refractivity contribution in [2.75, 3.05) is 0 Å². The third-order valence-electron chi connectivity index (χ3n) is 25.2. The van der Waals surface area contributed by atoms with Gasteiger partial charge in [-0.05, 0) is 182 Å². The summed E-state index contributed by atoms with van der Waals surface area (Å²) in [6, 6.07) is 113. The maximum Gasteiger partial charge on any atom is 0.159 e. The van der Waals surface area contributed by atoms with Crippen LogP contribution in [0.25, 0.3) is 188 Å². The lowest BCUT2D eigenvalue weighted by Crippen LogP contribution is -2.22. The van der Waals surface area contributed by atoms with E-state index >= 15 is 0 Å². The van der Waals surface area contributed by atoms with Crippen LogP contribution >= 0.6 is 0 Å². The molecule has 0 bridgehead atoms. The molecule has 0 saturated carbocycles. The second-order valence-electron chi connectivity index (χ2n) is 31.4. The Kier molecular flexibility index (Phi) is 13.7. The number of nitrogens with zero attached hydrogens (tertiary/aromatic N) is 6. The number of hydrogen-bond acceptors (Lipinski definition) is 6. The van der Waals surface area contributed by atoms with Crippen molar-refractivity contribution in [1.29, 1.82) is 0 Å². The third kappa shape index (κ3) is 9.29. The van der Waals surface area contributed by atoms with Gasteiger partial charge >= 0.3 is 0 Å². The largest absolute Gasteiger partial charge is 0.452 e.